The molecule has 0 aliphatic carbocycles. The summed E-state index contributed by atoms with van der Waals surface area (Å²) < 4.78 is 16.6. The molecule has 0 aromatic heterocycles. The van der Waals surface area contributed by atoms with Gasteiger partial charge in [0.25, 0.3) is 0 Å². The highest BCUT2D eigenvalue weighted by Crippen LogP contribution is 2.40. The molecule has 0 spiro atoms. The fraction of sp³-hybridized carbons (Fsp3) is 0.294. The molecule has 0 fully saturated rings. The van der Waals surface area contributed by atoms with E-state index >= 15 is 0 Å². The van der Waals surface area contributed by atoms with Gasteiger partial charge in [0.15, 0.2) is 11.5 Å². The van der Waals surface area contributed by atoms with Crippen LogP contribution in [0.15, 0.2) is 36.4 Å². The van der Waals surface area contributed by atoms with Crippen LogP contribution in [0.2, 0.25) is 0 Å². The Hall–Kier alpha value is -2.20. The number of rotatable bonds is 6. The number of ether oxygens (including phenoxy) is 3. The molecular weight excluding hydrogens is 268 g/mol. The van der Waals surface area contributed by atoms with E-state index in [0.29, 0.717) is 29.4 Å². The maximum atomic E-state index is 9.47. The smallest absolute Gasteiger partial charge is 0.167 e. The molecule has 4 heteroatoms. The average Bonchev–Trinajstić information content (AvgIpc) is 2.53. The number of hydrogen-bond acceptors (Lipinski definition) is 4. The summed E-state index contributed by atoms with van der Waals surface area (Å²) in [5.74, 6) is 1.85. The van der Waals surface area contributed by atoms with Crippen molar-refractivity contribution in [3.8, 4) is 17.2 Å². The Morgan fingerprint density at radius 3 is 2.24 bits per heavy atom. The van der Waals surface area contributed by atoms with Crippen molar-refractivity contribution in [2.75, 3.05) is 14.2 Å². The first-order valence-corrected chi connectivity index (χ1v) is 6.73. The summed E-state index contributed by atoms with van der Waals surface area (Å²) >= 11 is 0. The Labute approximate surface area is 124 Å². The minimum absolute atomic E-state index is 0.115. The lowest BCUT2D eigenvalue weighted by Gasteiger charge is -2.18. The van der Waals surface area contributed by atoms with Crippen molar-refractivity contribution < 1.29 is 19.3 Å². The van der Waals surface area contributed by atoms with Crippen LogP contribution >= 0.6 is 0 Å². The molecule has 1 N–H and O–H groups in total. The van der Waals surface area contributed by atoms with E-state index in [-0.39, 0.29) is 6.61 Å². The van der Waals surface area contributed by atoms with Crippen molar-refractivity contribution in [3.05, 3.63) is 53.1 Å². The highest BCUT2D eigenvalue weighted by molar-refractivity contribution is 5.57. The summed E-state index contributed by atoms with van der Waals surface area (Å²) in [6.07, 6.45) is 0. The number of methoxy groups -OCH3 is 2. The van der Waals surface area contributed by atoms with Gasteiger partial charge in [0.2, 0.25) is 0 Å². The minimum atomic E-state index is -0.115. The standard InChI is InChI=1S/C17H20O4/c1-12-16(19-2)14(10-18)9-15(17(12)20-3)21-11-13-7-5-4-6-8-13/h4-9,18H,10-11H2,1-3H3. The molecule has 0 amide bonds. The van der Waals surface area contributed by atoms with E-state index in [2.05, 4.69) is 0 Å². The maximum absolute atomic E-state index is 9.47. The number of aliphatic hydroxyl groups is 1. The van der Waals surface area contributed by atoms with Crippen LogP contribution in [0.5, 0.6) is 17.2 Å². The molecule has 2 rings (SSSR count). The number of hydrogen-bond donors (Lipinski definition) is 1. The summed E-state index contributed by atoms with van der Waals surface area (Å²) in [6, 6.07) is 11.6. The Morgan fingerprint density at radius 1 is 1.00 bits per heavy atom. The van der Waals surface area contributed by atoms with Gasteiger partial charge in [0.05, 0.1) is 20.8 Å². The van der Waals surface area contributed by atoms with Crippen molar-refractivity contribution in [1.29, 1.82) is 0 Å². The van der Waals surface area contributed by atoms with E-state index in [9.17, 15) is 5.11 Å². The van der Waals surface area contributed by atoms with Gasteiger partial charge in [-0.15, -0.1) is 0 Å². The molecule has 0 atom stereocenters. The Kier molecular flexibility index (Phi) is 5.06. The number of aliphatic hydroxyl groups excluding tert-OH is 1. The van der Waals surface area contributed by atoms with Crippen molar-refractivity contribution in [2.24, 2.45) is 0 Å². The predicted molar refractivity (Wildman–Crippen MR) is 81.0 cm³/mol. The first-order valence-electron chi connectivity index (χ1n) is 6.73. The van der Waals surface area contributed by atoms with Crippen LogP contribution < -0.4 is 14.2 Å². The fourth-order valence-electron chi connectivity index (χ4n) is 2.32. The third-order valence-electron chi connectivity index (χ3n) is 3.32. The van der Waals surface area contributed by atoms with Crippen molar-refractivity contribution in [2.45, 2.75) is 20.1 Å². The molecule has 0 aliphatic heterocycles. The Bertz CT molecular complexity index is 593. The van der Waals surface area contributed by atoms with E-state index in [0.717, 1.165) is 11.1 Å². The zero-order valence-corrected chi connectivity index (χ0v) is 12.6. The first kappa shape index (κ1) is 15.2. The molecule has 0 unspecified atom stereocenters. The molecule has 0 radical (unpaired) electrons. The van der Waals surface area contributed by atoms with Crippen LogP contribution in [0.25, 0.3) is 0 Å². The molecule has 0 saturated heterocycles. The van der Waals surface area contributed by atoms with Gasteiger partial charge in [-0.2, -0.15) is 0 Å². The summed E-state index contributed by atoms with van der Waals surface area (Å²) in [6.45, 7) is 2.20. The summed E-state index contributed by atoms with van der Waals surface area (Å²) in [4.78, 5) is 0. The van der Waals surface area contributed by atoms with E-state index < -0.39 is 0 Å². The molecule has 0 aliphatic rings. The van der Waals surface area contributed by atoms with Crippen LogP contribution in [-0.4, -0.2) is 19.3 Å². The van der Waals surface area contributed by atoms with E-state index in [1.54, 1.807) is 20.3 Å². The minimum Gasteiger partial charge on any atom is -0.496 e. The zero-order chi connectivity index (χ0) is 15.2. The molecule has 21 heavy (non-hydrogen) atoms. The summed E-state index contributed by atoms with van der Waals surface area (Å²) in [7, 11) is 3.17. The highest BCUT2D eigenvalue weighted by Gasteiger charge is 2.17. The van der Waals surface area contributed by atoms with E-state index in [1.165, 1.54) is 0 Å². The fourth-order valence-corrected chi connectivity index (χ4v) is 2.32. The SMILES string of the molecule is COc1c(CO)cc(OCc2ccccc2)c(OC)c1C. The average molecular weight is 288 g/mol. The monoisotopic (exact) mass is 288 g/mol. The van der Waals surface area contributed by atoms with Gasteiger partial charge in [-0.05, 0) is 18.6 Å². The number of benzene rings is 2. The first-order chi connectivity index (χ1) is 10.2. The lowest BCUT2D eigenvalue weighted by Crippen LogP contribution is -2.03. The van der Waals surface area contributed by atoms with Gasteiger partial charge >= 0.3 is 0 Å². The second-order valence-electron chi connectivity index (χ2n) is 4.66. The van der Waals surface area contributed by atoms with Crippen LogP contribution in [0.3, 0.4) is 0 Å². The summed E-state index contributed by atoms with van der Waals surface area (Å²) in [5.41, 5.74) is 2.56. The van der Waals surface area contributed by atoms with Crippen molar-refractivity contribution in [3.63, 3.8) is 0 Å². The van der Waals surface area contributed by atoms with Crippen molar-refractivity contribution >= 4 is 0 Å². The second-order valence-corrected chi connectivity index (χ2v) is 4.66. The van der Waals surface area contributed by atoms with Crippen LogP contribution in [0.1, 0.15) is 16.7 Å². The van der Waals surface area contributed by atoms with E-state index in [4.69, 9.17) is 14.2 Å². The van der Waals surface area contributed by atoms with Gasteiger partial charge < -0.3 is 19.3 Å². The molecule has 2 aromatic rings. The summed E-state index contributed by atoms with van der Waals surface area (Å²) in [5, 5.41) is 9.47. The van der Waals surface area contributed by atoms with Gasteiger partial charge in [0.1, 0.15) is 12.4 Å². The molecular formula is C17H20O4. The lowest BCUT2D eigenvalue weighted by atomic mass is 10.1. The molecule has 4 nitrogen and oxygen atoms in total. The third-order valence-corrected chi connectivity index (χ3v) is 3.32. The third kappa shape index (κ3) is 3.28. The lowest BCUT2D eigenvalue weighted by molar-refractivity contribution is 0.263. The molecule has 0 saturated carbocycles. The van der Waals surface area contributed by atoms with Gasteiger partial charge in [-0.1, -0.05) is 30.3 Å². The van der Waals surface area contributed by atoms with Gasteiger partial charge in [0, 0.05) is 11.1 Å². The quantitative estimate of drug-likeness (QED) is 0.887. The highest BCUT2D eigenvalue weighted by atomic mass is 16.5. The van der Waals surface area contributed by atoms with E-state index in [1.807, 2.05) is 37.3 Å². The maximum Gasteiger partial charge on any atom is 0.167 e. The van der Waals surface area contributed by atoms with Crippen LogP contribution in [-0.2, 0) is 13.2 Å². The molecule has 0 bridgehead atoms. The topological polar surface area (TPSA) is 47.9 Å². The molecule has 112 valence electrons. The molecule has 2 aromatic carbocycles. The van der Waals surface area contributed by atoms with Crippen LogP contribution in [0.4, 0.5) is 0 Å². The Balaban J connectivity index is 2.32. The van der Waals surface area contributed by atoms with Gasteiger partial charge in [-0.3, -0.25) is 0 Å². The van der Waals surface area contributed by atoms with Crippen LogP contribution in [0, 0.1) is 6.92 Å². The van der Waals surface area contributed by atoms with Crippen molar-refractivity contribution in [1.82, 2.24) is 0 Å². The Morgan fingerprint density at radius 2 is 1.67 bits per heavy atom. The van der Waals surface area contributed by atoms with Gasteiger partial charge in [-0.25, -0.2) is 0 Å². The second kappa shape index (κ2) is 6.99. The normalized spacial score (nSPS) is 10.3. The molecule has 0 heterocycles. The zero-order valence-electron chi connectivity index (χ0n) is 12.6. The predicted octanol–water partition coefficient (Wildman–Crippen LogP) is 3.08. The largest absolute Gasteiger partial charge is 0.496 e.